The maximum atomic E-state index is 2.43. The molecular formula is C28H16S4. The topological polar surface area (TPSA) is 0 Å². The van der Waals surface area contributed by atoms with Crippen LogP contribution >= 0.6 is 45.3 Å². The standard InChI is InChI=1S/C28H16S4/c1-13-3-5-17-21(7-13)29-27-19-9-15-12-24-20(10-16(15)11-23(19)31-25(17)27)28-26(32-24)18-6-4-14(2)8-22(18)30-28/h3-12H,1-2H3. The van der Waals surface area contributed by atoms with Crippen LogP contribution < -0.4 is 0 Å². The van der Waals surface area contributed by atoms with E-state index in [9.17, 15) is 0 Å². The summed E-state index contributed by atoms with van der Waals surface area (Å²) in [5.74, 6) is 0. The van der Waals surface area contributed by atoms with E-state index < -0.39 is 0 Å². The smallest absolute Gasteiger partial charge is 0.0542 e. The van der Waals surface area contributed by atoms with Gasteiger partial charge in [-0.25, -0.2) is 0 Å². The molecule has 8 aromatic rings. The molecule has 0 radical (unpaired) electrons. The molecule has 4 heterocycles. The van der Waals surface area contributed by atoms with E-state index in [0.717, 1.165) is 0 Å². The Hall–Kier alpha value is -2.50. The van der Waals surface area contributed by atoms with E-state index in [1.165, 1.54) is 81.0 Å². The highest BCUT2D eigenvalue weighted by molar-refractivity contribution is 7.37. The molecule has 152 valence electrons. The molecule has 0 unspecified atom stereocenters. The van der Waals surface area contributed by atoms with E-state index in [4.69, 9.17) is 0 Å². The van der Waals surface area contributed by atoms with Crippen molar-refractivity contribution in [3.63, 3.8) is 0 Å². The molecule has 4 aromatic carbocycles. The van der Waals surface area contributed by atoms with Crippen molar-refractivity contribution < 1.29 is 0 Å². The number of fused-ring (bicyclic) bond motifs is 11. The van der Waals surface area contributed by atoms with Crippen LogP contribution in [-0.2, 0) is 0 Å². The third kappa shape index (κ3) is 2.31. The monoisotopic (exact) mass is 480 g/mol. The van der Waals surface area contributed by atoms with Gasteiger partial charge in [0, 0.05) is 40.3 Å². The predicted molar refractivity (Wildman–Crippen MR) is 150 cm³/mol. The Labute approximate surface area is 199 Å². The summed E-state index contributed by atoms with van der Waals surface area (Å²) in [6.07, 6.45) is 0. The number of benzene rings is 4. The van der Waals surface area contributed by atoms with Gasteiger partial charge in [0.05, 0.1) is 18.8 Å². The lowest BCUT2D eigenvalue weighted by Gasteiger charge is -2.00. The molecule has 0 amide bonds. The Bertz CT molecular complexity index is 1910. The SMILES string of the molecule is Cc1ccc2c(c1)sc1c3cc4cc5sc6c7ccc(C)cc7sc6c5cc4cc3sc21. The van der Waals surface area contributed by atoms with E-state index in [-0.39, 0.29) is 0 Å². The van der Waals surface area contributed by atoms with Crippen LogP contribution in [0.15, 0.2) is 60.7 Å². The molecule has 4 aromatic heterocycles. The van der Waals surface area contributed by atoms with Gasteiger partial charge < -0.3 is 0 Å². The van der Waals surface area contributed by atoms with Gasteiger partial charge >= 0.3 is 0 Å². The zero-order chi connectivity index (χ0) is 21.1. The minimum Gasteiger partial charge on any atom is -0.134 e. The third-order valence-corrected chi connectivity index (χ3v) is 11.6. The van der Waals surface area contributed by atoms with Crippen molar-refractivity contribution >= 4 is 115 Å². The Morgan fingerprint density at radius 1 is 0.406 bits per heavy atom. The van der Waals surface area contributed by atoms with Gasteiger partial charge in [0.15, 0.2) is 0 Å². The maximum absolute atomic E-state index is 2.43. The predicted octanol–water partition coefficient (Wildman–Crippen LogP) is 10.6. The zero-order valence-corrected chi connectivity index (χ0v) is 20.7. The fraction of sp³-hybridized carbons (Fsp3) is 0.0714. The van der Waals surface area contributed by atoms with Crippen molar-refractivity contribution in [2.45, 2.75) is 13.8 Å². The molecule has 0 N–H and O–H groups in total. The van der Waals surface area contributed by atoms with Crippen LogP contribution in [0.1, 0.15) is 11.1 Å². The maximum Gasteiger partial charge on any atom is 0.0542 e. The van der Waals surface area contributed by atoms with Crippen molar-refractivity contribution in [3.8, 4) is 0 Å². The average molecular weight is 481 g/mol. The number of thiophene rings is 4. The van der Waals surface area contributed by atoms with Crippen LogP contribution in [0, 0.1) is 13.8 Å². The lowest BCUT2D eigenvalue weighted by molar-refractivity contribution is 1.52. The molecule has 32 heavy (non-hydrogen) atoms. The van der Waals surface area contributed by atoms with Gasteiger partial charge in [-0.1, -0.05) is 24.3 Å². The van der Waals surface area contributed by atoms with Crippen molar-refractivity contribution in [3.05, 3.63) is 71.8 Å². The van der Waals surface area contributed by atoms with Crippen molar-refractivity contribution in [1.82, 2.24) is 0 Å². The van der Waals surface area contributed by atoms with Gasteiger partial charge in [-0.15, -0.1) is 45.3 Å². The molecule has 0 aliphatic rings. The summed E-state index contributed by atoms with van der Waals surface area (Å²) < 4.78 is 11.4. The molecule has 0 nitrogen and oxygen atoms in total. The molecule has 0 fully saturated rings. The van der Waals surface area contributed by atoms with Gasteiger partial charge in [-0.2, -0.15) is 0 Å². The second-order valence-corrected chi connectivity index (χ2v) is 13.0. The fourth-order valence-electron chi connectivity index (χ4n) is 4.97. The van der Waals surface area contributed by atoms with Crippen LogP contribution in [0.2, 0.25) is 0 Å². The van der Waals surface area contributed by atoms with E-state index in [1.807, 2.05) is 45.3 Å². The first-order valence-corrected chi connectivity index (χ1v) is 13.9. The lowest BCUT2D eigenvalue weighted by Crippen LogP contribution is -1.73. The number of hydrogen-bond donors (Lipinski definition) is 0. The molecule has 0 atom stereocenters. The number of aryl methyl sites for hydroxylation is 2. The summed E-state index contributed by atoms with van der Waals surface area (Å²) in [6.45, 7) is 4.36. The van der Waals surface area contributed by atoms with Crippen LogP contribution in [0.5, 0.6) is 0 Å². The normalized spacial score (nSPS) is 12.7. The first-order valence-electron chi connectivity index (χ1n) is 10.7. The highest BCUT2D eigenvalue weighted by atomic mass is 32.1. The lowest BCUT2D eigenvalue weighted by atomic mass is 10.1. The Kier molecular flexibility index (Phi) is 3.42. The van der Waals surface area contributed by atoms with E-state index >= 15 is 0 Å². The molecular weight excluding hydrogens is 465 g/mol. The summed E-state index contributed by atoms with van der Waals surface area (Å²) in [6, 6.07) is 23.4. The minimum atomic E-state index is 1.34. The van der Waals surface area contributed by atoms with E-state index in [2.05, 4.69) is 74.5 Å². The van der Waals surface area contributed by atoms with Crippen molar-refractivity contribution in [2.75, 3.05) is 0 Å². The van der Waals surface area contributed by atoms with Gasteiger partial charge in [0.25, 0.3) is 0 Å². The Morgan fingerprint density at radius 2 is 0.781 bits per heavy atom. The Morgan fingerprint density at radius 3 is 1.22 bits per heavy atom. The molecule has 0 spiro atoms. The second-order valence-electron chi connectivity index (χ2n) is 8.77. The molecule has 8 rings (SSSR count). The largest absolute Gasteiger partial charge is 0.134 e. The summed E-state index contributed by atoms with van der Waals surface area (Å²) in [7, 11) is 0. The second kappa shape index (κ2) is 6.09. The third-order valence-electron chi connectivity index (χ3n) is 6.55. The van der Waals surface area contributed by atoms with Crippen LogP contribution in [0.4, 0.5) is 0 Å². The highest BCUT2D eigenvalue weighted by Crippen LogP contribution is 2.48. The summed E-state index contributed by atoms with van der Waals surface area (Å²) >= 11 is 7.79. The van der Waals surface area contributed by atoms with Crippen LogP contribution in [-0.4, -0.2) is 0 Å². The van der Waals surface area contributed by atoms with Crippen molar-refractivity contribution in [2.24, 2.45) is 0 Å². The Balaban J connectivity index is 1.46. The number of rotatable bonds is 0. The summed E-state index contributed by atoms with van der Waals surface area (Å²) in [5, 5.41) is 8.35. The minimum absolute atomic E-state index is 1.34. The van der Waals surface area contributed by atoms with Crippen LogP contribution in [0.3, 0.4) is 0 Å². The summed E-state index contributed by atoms with van der Waals surface area (Å²) in [4.78, 5) is 0. The zero-order valence-electron chi connectivity index (χ0n) is 17.4. The van der Waals surface area contributed by atoms with Gasteiger partial charge in [-0.3, -0.25) is 0 Å². The van der Waals surface area contributed by atoms with E-state index in [0.29, 0.717) is 0 Å². The molecule has 4 heteroatoms. The fourth-order valence-corrected chi connectivity index (χ4v) is 10.5. The first-order chi connectivity index (χ1) is 15.6. The van der Waals surface area contributed by atoms with Gasteiger partial charge in [0.2, 0.25) is 0 Å². The van der Waals surface area contributed by atoms with Crippen molar-refractivity contribution in [1.29, 1.82) is 0 Å². The first kappa shape index (κ1) is 18.0. The molecule has 0 saturated carbocycles. The van der Waals surface area contributed by atoms with Gasteiger partial charge in [-0.05, 0) is 72.1 Å². The summed E-state index contributed by atoms with van der Waals surface area (Å²) in [5.41, 5.74) is 2.67. The molecule has 0 aliphatic heterocycles. The molecule has 0 saturated heterocycles. The van der Waals surface area contributed by atoms with Crippen LogP contribution in [0.25, 0.3) is 69.9 Å². The van der Waals surface area contributed by atoms with E-state index in [1.54, 1.807) is 0 Å². The quantitative estimate of drug-likeness (QED) is 0.202. The molecule has 0 aliphatic carbocycles. The average Bonchev–Trinajstić information content (AvgIpc) is 3.48. The number of hydrogen-bond acceptors (Lipinski definition) is 4. The molecule has 0 bridgehead atoms. The highest BCUT2D eigenvalue weighted by Gasteiger charge is 2.16. The van der Waals surface area contributed by atoms with Gasteiger partial charge in [0.1, 0.15) is 0 Å².